The van der Waals surface area contributed by atoms with Crippen LogP contribution in [0.5, 0.6) is 0 Å². The van der Waals surface area contributed by atoms with Gasteiger partial charge >= 0.3 is 0 Å². The Balaban J connectivity index is 0.00000180. The van der Waals surface area contributed by atoms with Gasteiger partial charge in [0.25, 0.3) is 5.56 Å². The molecule has 5 rings (SSSR count). The summed E-state index contributed by atoms with van der Waals surface area (Å²) in [5, 5.41) is 7.23. The zero-order chi connectivity index (χ0) is 17.7. The van der Waals surface area contributed by atoms with Gasteiger partial charge in [0.1, 0.15) is 17.9 Å². The molecular weight excluding hydrogens is 352 g/mol. The minimum absolute atomic E-state index is 0. The number of amides is 1. The zero-order valence-electron chi connectivity index (χ0n) is 13.6. The van der Waals surface area contributed by atoms with Crippen molar-refractivity contribution in [3.63, 3.8) is 0 Å². The van der Waals surface area contributed by atoms with Crippen LogP contribution in [0, 0.1) is 0 Å². The lowest BCUT2D eigenvalue weighted by Crippen LogP contribution is -2.32. The largest absolute Gasteiger partial charge is 0.323 e. The van der Waals surface area contributed by atoms with Crippen molar-refractivity contribution in [3.8, 4) is 0 Å². The Kier molecular flexibility index (Phi) is 3.35. The van der Waals surface area contributed by atoms with E-state index in [2.05, 4.69) is 20.4 Å². The molecule has 0 saturated heterocycles. The quantitative estimate of drug-likeness (QED) is 0.596. The molecule has 0 bridgehead atoms. The highest BCUT2D eigenvalue weighted by molar-refractivity contribution is 7.16. The van der Waals surface area contributed by atoms with Gasteiger partial charge in [0.2, 0.25) is 5.91 Å². The van der Waals surface area contributed by atoms with Crippen LogP contribution >= 0.6 is 11.3 Å². The molecule has 0 unspecified atom stereocenters. The van der Waals surface area contributed by atoms with Crippen molar-refractivity contribution in [2.24, 2.45) is 0 Å². The molecule has 0 aliphatic heterocycles. The molecule has 132 valence electrons. The third-order valence-corrected chi connectivity index (χ3v) is 5.15. The maximum absolute atomic E-state index is 12.8. The van der Waals surface area contributed by atoms with E-state index < -0.39 is 0 Å². The van der Waals surface area contributed by atoms with E-state index in [-0.39, 0.29) is 19.4 Å². The van der Waals surface area contributed by atoms with Crippen molar-refractivity contribution >= 4 is 38.8 Å². The van der Waals surface area contributed by atoms with Crippen molar-refractivity contribution < 1.29 is 6.22 Å². The highest BCUT2D eigenvalue weighted by Crippen LogP contribution is 2.39. The fraction of sp³-hybridized carbons (Fsp3) is 0.235. The molecule has 0 atom stereocenters. The normalized spacial score (nSPS) is 14.2. The van der Waals surface area contributed by atoms with Crippen molar-refractivity contribution in [2.75, 3.05) is 5.32 Å². The number of aromatic nitrogens is 5. The molecule has 1 fully saturated rings. The summed E-state index contributed by atoms with van der Waals surface area (Å²) in [6.07, 6.45) is 5.25. The molecule has 8 nitrogen and oxygen atoms in total. The molecule has 1 aliphatic carbocycles. The Morgan fingerprint density at radius 3 is 3.08 bits per heavy atom. The van der Waals surface area contributed by atoms with Crippen molar-refractivity contribution in [1.82, 2.24) is 24.1 Å². The third kappa shape index (κ3) is 2.48. The molecule has 4 aromatic rings. The van der Waals surface area contributed by atoms with Crippen molar-refractivity contribution in [3.05, 3.63) is 52.3 Å². The van der Waals surface area contributed by atoms with Crippen molar-refractivity contribution in [1.29, 1.82) is 0 Å². The van der Waals surface area contributed by atoms with Gasteiger partial charge in [-0.3, -0.25) is 19.0 Å². The van der Waals surface area contributed by atoms with Gasteiger partial charge in [0.05, 0.1) is 22.1 Å². The standard InChI is InChI=1S/C17H14N6O2S.H2/c24-14(20-11-2-1-5-18-7-11)8-22-17(25)12-6-13-16(19-9-26-13)23(12)15(21-22)10-3-4-10;/h1-2,5-7,9-10H,3-4,8H2,(H,20,24);1H. The number of hydrogen-bond acceptors (Lipinski definition) is 6. The molecule has 1 amide bonds. The fourth-order valence-electron chi connectivity index (χ4n) is 3.04. The highest BCUT2D eigenvalue weighted by atomic mass is 32.1. The van der Waals surface area contributed by atoms with Gasteiger partial charge < -0.3 is 5.32 Å². The number of nitrogens with one attached hydrogen (secondary N) is 1. The number of rotatable bonds is 4. The smallest absolute Gasteiger partial charge is 0.291 e. The topological polar surface area (TPSA) is 94.2 Å². The van der Waals surface area contributed by atoms with E-state index in [1.54, 1.807) is 30.0 Å². The van der Waals surface area contributed by atoms with Crippen LogP contribution in [0.15, 0.2) is 40.9 Å². The molecule has 26 heavy (non-hydrogen) atoms. The fourth-order valence-corrected chi connectivity index (χ4v) is 3.74. The average Bonchev–Trinajstić information content (AvgIpc) is 3.26. The molecule has 4 heterocycles. The first kappa shape index (κ1) is 15.2. The summed E-state index contributed by atoms with van der Waals surface area (Å²) in [7, 11) is 0. The van der Waals surface area contributed by atoms with E-state index in [9.17, 15) is 9.59 Å². The molecule has 1 N–H and O–H groups in total. The van der Waals surface area contributed by atoms with Crippen LogP contribution < -0.4 is 10.9 Å². The summed E-state index contributed by atoms with van der Waals surface area (Å²) in [5.41, 5.74) is 3.34. The molecule has 0 radical (unpaired) electrons. The first-order valence-corrected chi connectivity index (χ1v) is 9.14. The maximum atomic E-state index is 12.8. The lowest BCUT2D eigenvalue weighted by molar-refractivity contribution is -0.117. The van der Waals surface area contributed by atoms with Gasteiger partial charge in [0.15, 0.2) is 5.65 Å². The minimum atomic E-state index is -0.315. The molecule has 9 heteroatoms. The number of anilines is 1. The molecule has 1 aliphatic rings. The van der Waals surface area contributed by atoms with Crippen LogP contribution in [0.3, 0.4) is 0 Å². The Morgan fingerprint density at radius 2 is 2.31 bits per heavy atom. The molecule has 0 aromatic carbocycles. The monoisotopic (exact) mass is 368 g/mol. The summed E-state index contributed by atoms with van der Waals surface area (Å²) >= 11 is 1.49. The van der Waals surface area contributed by atoms with Gasteiger partial charge in [-0.25, -0.2) is 9.67 Å². The third-order valence-electron chi connectivity index (χ3n) is 4.38. The number of thiazole rings is 1. The van der Waals surface area contributed by atoms with E-state index in [4.69, 9.17) is 0 Å². The summed E-state index contributed by atoms with van der Waals surface area (Å²) in [6.45, 7) is -0.143. The lowest BCUT2D eigenvalue weighted by atomic mass is 10.4. The molecule has 0 spiro atoms. The number of nitrogens with zero attached hydrogens (tertiary/aromatic N) is 5. The molecular formula is C17H16N6O2S. The second-order valence-electron chi connectivity index (χ2n) is 6.29. The summed E-state index contributed by atoms with van der Waals surface area (Å²) in [4.78, 5) is 33.5. The van der Waals surface area contributed by atoms with Gasteiger partial charge in [-0.1, -0.05) is 0 Å². The van der Waals surface area contributed by atoms with Gasteiger partial charge in [0, 0.05) is 13.5 Å². The Bertz CT molecular complexity index is 1190. The van der Waals surface area contributed by atoms with Crippen LogP contribution in [0.1, 0.15) is 26.0 Å². The van der Waals surface area contributed by atoms with Gasteiger partial charge in [-0.2, -0.15) is 5.10 Å². The van der Waals surface area contributed by atoms with Gasteiger partial charge in [-0.05, 0) is 31.0 Å². The van der Waals surface area contributed by atoms with Crippen LogP contribution in [-0.2, 0) is 11.3 Å². The predicted octanol–water partition coefficient (Wildman–Crippen LogP) is 2.26. The predicted molar refractivity (Wildman–Crippen MR) is 99.6 cm³/mol. The number of hydrogen-bond donors (Lipinski definition) is 1. The summed E-state index contributed by atoms with van der Waals surface area (Å²) in [6, 6.07) is 5.31. The van der Waals surface area contributed by atoms with E-state index in [1.807, 2.05) is 10.5 Å². The number of fused-ring (bicyclic) bond motifs is 3. The van der Waals surface area contributed by atoms with E-state index in [0.717, 1.165) is 29.0 Å². The van der Waals surface area contributed by atoms with Gasteiger partial charge in [-0.15, -0.1) is 11.3 Å². The van der Waals surface area contributed by atoms with Crippen molar-refractivity contribution in [2.45, 2.75) is 25.3 Å². The van der Waals surface area contributed by atoms with Crippen LogP contribution in [0.2, 0.25) is 0 Å². The van der Waals surface area contributed by atoms with E-state index in [0.29, 0.717) is 17.1 Å². The lowest BCUT2D eigenvalue weighted by Gasteiger charge is -2.10. The Labute approximate surface area is 152 Å². The highest BCUT2D eigenvalue weighted by Gasteiger charge is 2.30. The number of pyridine rings is 1. The number of carbonyl (C=O) groups excluding carboxylic acids is 1. The first-order chi connectivity index (χ1) is 12.7. The first-order valence-electron chi connectivity index (χ1n) is 8.26. The average molecular weight is 368 g/mol. The SMILES string of the molecule is O=C(Cn1nc(C2CC2)n2c(cc3scnc32)c1=O)Nc1cccnc1.[HH]. The van der Waals surface area contributed by atoms with E-state index in [1.165, 1.54) is 16.0 Å². The summed E-state index contributed by atoms with van der Waals surface area (Å²) in [5.74, 6) is 0.794. The van der Waals surface area contributed by atoms with E-state index >= 15 is 0 Å². The zero-order valence-corrected chi connectivity index (χ0v) is 14.4. The molecule has 4 aromatic heterocycles. The second-order valence-corrected chi connectivity index (χ2v) is 7.18. The summed E-state index contributed by atoms with van der Waals surface area (Å²) < 4.78 is 4.04. The molecule has 1 saturated carbocycles. The van der Waals surface area contributed by atoms with Crippen LogP contribution in [0.25, 0.3) is 15.9 Å². The minimum Gasteiger partial charge on any atom is -0.323 e. The van der Waals surface area contributed by atoms with Crippen LogP contribution in [0.4, 0.5) is 5.69 Å². The maximum Gasteiger partial charge on any atom is 0.291 e. The Hall–Kier alpha value is -3.07. The number of carbonyl (C=O) groups is 1. The van der Waals surface area contributed by atoms with Crippen LogP contribution in [-0.4, -0.2) is 30.1 Å². The Morgan fingerprint density at radius 1 is 1.42 bits per heavy atom. The second kappa shape index (κ2) is 5.73.